The molecular weight excluding hydrogens is 145 g/mol. The van der Waals surface area contributed by atoms with Crippen molar-refractivity contribution in [1.82, 2.24) is 0 Å². The van der Waals surface area contributed by atoms with Gasteiger partial charge in [0.2, 0.25) is 0 Å². The molecule has 58 valence electrons. The summed E-state index contributed by atoms with van der Waals surface area (Å²) >= 11 is 0. The summed E-state index contributed by atoms with van der Waals surface area (Å²) in [6, 6.07) is 0. The van der Waals surface area contributed by atoms with Crippen LogP contribution in [-0.2, 0) is 0 Å². The summed E-state index contributed by atoms with van der Waals surface area (Å²) in [5, 5.41) is 5.99. The zero-order valence-electron chi connectivity index (χ0n) is 5.44. The van der Waals surface area contributed by atoms with Crippen molar-refractivity contribution in [1.29, 1.82) is 0 Å². The van der Waals surface area contributed by atoms with Gasteiger partial charge in [0.15, 0.2) is 0 Å². The van der Waals surface area contributed by atoms with E-state index in [0.29, 0.717) is 6.42 Å². The van der Waals surface area contributed by atoms with Gasteiger partial charge >= 0.3 is 6.18 Å². The normalized spacial score (nSPS) is 21.2. The van der Waals surface area contributed by atoms with Crippen LogP contribution in [-0.4, -0.2) is 11.8 Å². The quantitative estimate of drug-likeness (QED) is 0.580. The second kappa shape index (κ2) is 1.93. The Balaban J connectivity index is 2.53. The molecule has 0 radical (unpaired) electrons. The van der Waals surface area contributed by atoms with Crippen LogP contribution in [0.25, 0.3) is 0 Å². The SMILES string of the molecule is CCCC1(C(F)(F)F)N=N1. The molecule has 0 saturated heterocycles. The van der Waals surface area contributed by atoms with Crippen molar-refractivity contribution in [2.45, 2.75) is 31.6 Å². The third kappa shape index (κ3) is 0.998. The first-order valence-electron chi connectivity index (χ1n) is 3.02. The molecule has 0 fully saturated rings. The van der Waals surface area contributed by atoms with Crippen molar-refractivity contribution in [2.24, 2.45) is 10.2 Å². The maximum absolute atomic E-state index is 11.9. The minimum absolute atomic E-state index is 0.0174. The molecular formula is C5H7F3N2. The Labute approximate surface area is 56.1 Å². The molecule has 0 amide bonds. The number of halogens is 3. The summed E-state index contributed by atoms with van der Waals surface area (Å²) in [6.07, 6.45) is -3.84. The number of nitrogens with zero attached hydrogens (tertiary/aromatic N) is 2. The van der Waals surface area contributed by atoms with Gasteiger partial charge in [-0.25, -0.2) is 0 Å². The number of hydrogen-bond donors (Lipinski definition) is 0. The molecule has 0 bridgehead atoms. The van der Waals surface area contributed by atoms with Crippen LogP contribution in [0.3, 0.4) is 0 Å². The fourth-order valence-electron chi connectivity index (χ4n) is 0.764. The van der Waals surface area contributed by atoms with E-state index in [2.05, 4.69) is 10.2 Å². The van der Waals surface area contributed by atoms with Gasteiger partial charge in [-0.1, -0.05) is 13.3 Å². The molecule has 0 aromatic rings. The van der Waals surface area contributed by atoms with Gasteiger partial charge in [-0.2, -0.15) is 13.2 Å². The van der Waals surface area contributed by atoms with Crippen molar-refractivity contribution < 1.29 is 13.2 Å². The van der Waals surface area contributed by atoms with E-state index >= 15 is 0 Å². The van der Waals surface area contributed by atoms with E-state index in [1.807, 2.05) is 0 Å². The van der Waals surface area contributed by atoms with E-state index < -0.39 is 11.8 Å². The van der Waals surface area contributed by atoms with E-state index in [1.54, 1.807) is 6.92 Å². The standard InChI is InChI=1S/C5H7F3N2/c1-2-3-4(9-10-4)5(6,7)8/h2-3H2,1H3. The highest BCUT2D eigenvalue weighted by Gasteiger charge is 2.62. The first-order valence-corrected chi connectivity index (χ1v) is 3.02. The molecule has 0 unspecified atom stereocenters. The largest absolute Gasteiger partial charge is 0.437 e. The van der Waals surface area contributed by atoms with Gasteiger partial charge in [0.25, 0.3) is 5.66 Å². The van der Waals surface area contributed by atoms with Crippen molar-refractivity contribution in [3.63, 3.8) is 0 Å². The van der Waals surface area contributed by atoms with Gasteiger partial charge in [-0.05, 0) is 0 Å². The van der Waals surface area contributed by atoms with Crippen LogP contribution >= 0.6 is 0 Å². The summed E-state index contributed by atoms with van der Waals surface area (Å²) in [5.41, 5.74) is -2.01. The van der Waals surface area contributed by atoms with Gasteiger partial charge in [-0.15, -0.1) is 10.2 Å². The third-order valence-electron chi connectivity index (χ3n) is 1.39. The van der Waals surface area contributed by atoms with E-state index in [1.165, 1.54) is 0 Å². The van der Waals surface area contributed by atoms with Crippen LogP contribution in [0.5, 0.6) is 0 Å². The van der Waals surface area contributed by atoms with Gasteiger partial charge in [-0.3, -0.25) is 0 Å². The first-order chi connectivity index (χ1) is 4.52. The number of rotatable bonds is 2. The Kier molecular flexibility index (Phi) is 1.45. The minimum Gasteiger partial charge on any atom is -0.166 e. The fraction of sp³-hybridized carbons (Fsp3) is 1.00. The molecule has 2 nitrogen and oxygen atoms in total. The first kappa shape index (κ1) is 7.50. The van der Waals surface area contributed by atoms with Gasteiger partial charge in [0, 0.05) is 6.42 Å². The second-order valence-corrected chi connectivity index (χ2v) is 2.26. The maximum Gasteiger partial charge on any atom is 0.437 e. The lowest BCUT2D eigenvalue weighted by atomic mass is 10.1. The van der Waals surface area contributed by atoms with E-state index in [-0.39, 0.29) is 6.42 Å². The summed E-state index contributed by atoms with van der Waals surface area (Å²) in [5.74, 6) is 0. The molecule has 5 heteroatoms. The average molecular weight is 152 g/mol. The molecule has 0 aromatic carbocycles. The topological polar surface area (TPSA) is 24.7 Å². The Bertz CT molecular complexity index is 155. The van der Waals surface area contributed by atoms with Crippen LogP contribution < -0.4 is 0 Å². The van der Waals surface area contributed by atoms with Crippen molar-refractivity contribution in [2.75, 3.05) is 0 Å². The zero-order chi connectivity index (χ0) is 7.83. The van der Waals surface area contributed by atoms with Crippen LogP contribution in [0.2, 0.25) is 0 Å². The molecule has 0 aromatic heterocycles. The van der Waals surface area contributed by atoms with E-state index in [4.69, 9.17) is 0 Å². The Hall–Kier alpha value is -0.610. The Morgan fingerprint density at radius 3 is 1.90 bits per heavy atom. The molecule has 0 aliphatic carbocycles. The highest BCUT2D eigenvalue weighted by Crippen LogP contribution is 2.47. The molecule has 0 atom stereocenters. The third-order valence-corrected chi connectivity index (χ3v) is 1.39. The predicted molar refractivity (Wildman–Crippen MR) is 28.5 cm³/mol. The van der Waals surface area contributed by atoms with Gasteiger partial charge < -0.3 is 0 Å². The van der Waals surface area contributed by atoms with Gasteiger partial charge in [0.05, 0.1) is 0 Å². The van der Waals surface area contributed by atoms with E-state index in [9.17, 15) is 13.2 Å². The molecule has 0 saturated carbocycles. The molecule has 1 aliphatic rings. The maximum atomic E-state index is 11.9. The van der Waals surface area contributed by atoms with Crippen molar-refractivity contribution in [3.05, 3.63) is 0 Å². The monoisotopic (exact) mass is 152 g/mol. The molecule has 0 spiro atoms. The minimum atomic E-state index is -4.27. The Morgan fingerprint density at radius 2 is 1.80 bits per heavy atom. The van der Waals surface area contributed by atoms with Crippen molar-refractivity contribution in [3.8, 4) is 0 Å². The molecule has 1 heterocycles. The highest BCUT2D eigenvalue weighted by molar-refractivity contribution is 4.99. The predicted octanol–water partition coefficient (Wildman–Crippen LogP) is 2.51. The number of hydrogen-bond acceptors (Lipinski definition) is 2. The number of alkyl halides is 3. The van der Waals surface area contributed by atoms with Gasteiger partial charge in [0.1, 0.15) is 0 Å². The second-order valence-electron chi connectivity index (χ2n) is 2.26. The summed E-state index contributed by atoms with van der Waals surface area (Å²) < 4.78 is 35.7. The lowest BCUT2D eigenvalue weighted by Gasteiger charge is -2.12. The Morgan fingerprint density at radius 1 is 1.30 bits per heavy atom. The average Bonchev–Trinajstić information content (AvgIpc) is 2.45. The van der Waals surface area contributed by atoms with Crippen molar-refractivity contribution >= 4 is 0 Å². The van der Waals surface area contributed by atoms with Crippen LogP contribution in [0.1, 0.15) is 19.8 Å². The van der Waals surface area contributed by atoms with Crippen LogP contribution in [0.15, 0.2) is 10.2 Å². The summed E-state index contributed by atoms with van der Waals surface area (Å²) in [4.78, 5) is 0. The summed E-state index contributed by atoms with van der Waals surface area (Å²) in [7, 11) is 0. The van der Waals surface area contributed by atoms with Crippen LogP contribution in [0, 0.1) is 0 Å². The summed E-state index contributed by atoms with van der Waals surface area (Å²) in [6.45, 7) is 1.68. The molecule has 0 N–H and O–H groups in total. The lowest BCUT2D eigenvalue weighted by molar-refractivity contribution is -0.165. The molecule has 1 rings (SSSR count). The molecule has 10 heavy (non-hydrogen) atoms. The smallest absolute Gasteiger partial charge is 0.166 e. The van der Waals surface area contributed by atoms with Crippen LogP contribution in [0.4, 0.5) is 13.2 Å². The molecule has 1 aliphatic heterocycles. The van der Waals surface area contributed by atoms with E-state index in [0.717, 1.165) is 0 Å². The highest BCUT2D eigenvalue weighted by atomic mass is 19.4. The lowest BCUT2D eigenvalue weighted by Crippen LogP contribution is -2.32. The zero-order valence-corrected chi connectivity index (χ0v) is 5.44. The fourth-order valence-corrected chi connectivity index (χ4v) is 0.764.